The minimum atomic E-state index is -0.949. The summed E-state index contributed by atoms with van der Waals surface area (Å²) in [6.07, 6.45) is 2.61. The van der Waals surface area contributed by atoms with Gasteiger partial charge in [0.15, 0.2) is 11.6 Å². The van der Waals surface area contributed by atoms with Crippen LogP contribution in [0.1, 0.15) is 23.7 Å². The molecule has 4 heteroatoms. The average Bonchev–Trinajstić information content (AvgIpc) is 2.45. The Morgan fingerprint density at radius 1 is 1.15 bits per heavy atom. The summed E-state index contributed by atoms with van der Waals surface area (Å²) < 4.78 is 26.5. The zero-order valence-electron chi connectivity index (χ0n) is 11.2. The van der Waals surface area contributed by atoms with Crippen LogP contribution < -0.4 is 0 Å². The number of aromatic nitrogens is 1. The van der Waals surface area contributed by atoms with Crippen molar-refractivity contribution >= 4 is 5.78 Å². The predicted molar refractivity (Wildman–Crippen MR) is 72.4 cm³/mol. The lowest BCUT2D eigenvalue weighted by molar-refractivity contribution is -0.117. The second-order valence-electron chi connectivity index (χ2n) is 4.62. The molecule has 0 aliphatic carbocycles. The summed E-state index contributed by atoms with van der Waals surface area (Å²) in [5, 5.41) is 0. The molecule has 0 radical (unpaired) electrons. The molecule has 0 aliphatic rings. The molecule has 1 aromatic heterocycles. The van der Waals surface area contributed by atoms with Crippen LogP contribution >= 0.6 is 0 Å². The van der Waals surface area contributed by atoms with Gasteiger partial charge in [0, 0.05) is 24.7 Å². The molecular weight excluding hydrogens is 260 g/mol. The standard InChI is InChI=1S/C16H15F2NO/c1-2-11-6-7-13(19-10-11)9-14(20)8-12-4-3-5-15(17)16(12)18/h3-7,10H,2,8-9H2,1H3. The fourth-order valence-electron chi connectivity index (χ4n) is 1.93. The van der Waals surface area contributed by atoms with Crippen LogP contribution in [-0.4, -0.2) is 10.8 Å². The minimum absolute atomic E-state index is 0.0835. The second-order valence-corrected chi connectivity index (χ2v) is 4.62. The molecule has 0 bridgehead atoms. The summed E-state index contributed by atoms with van der Waals surface area (Å²) in [7, 11) is 0. The zero-order chi connectivity index (χ0) is 14.5. The number of carbonyl (C=O) groups is 1. The molecule has 0 unspecified atom stereocenters. The first-order valence-corrected chi connectivity index (χ1v) is 6.48. The molecule has 2 rings (SSSR count). The van der Waals surface area contributed by atoms with Gasteiger partial charge in [-0.2, -0.15) is 0 Å². The minimum Gasteiger partial charge on any atom is -0.299 e. The van der Waals surface area contributed by atoms with E-state index >= 15 is 0 Å². The highest BCUT2D eigenvalue weighted by molar-refractivity contribution is 5.82. The van der Waals surface area contributed by atoms with Crippen molar-refractivity contribution < 1.29 is 13.6 Å². The molecule has 0 spiro atoms. The molecule has 0 fully saturated rings. The number of nitrogens with zero attached hydrogens (tertiary/aromatic N) is 1. The van der Waals surface area contributed by atoms with E-state index in [0.29, 0.717) is 5.69 Å². The Bertz CT molecular complexity index is 608. The van der Waals surface area contributed by atoms with Crippen LogP contribution in [0.5, 0.6) is 0 Å². The van der Waals surface area contributed by atoms with Crippen molar-refractivity contribution in [2.75, 3.05) is 0 Å². The summed E-state index contributed by atoms with van der Waals surface area (Å²) in [6.45, 7) is 2.02. The molecular formula is C16H15F2NO. The Morgan fingerprint density at radius 2 is 1.95 bits per heavy atom. The molecule has 0 saturated carbocycles. The van der Waals surface area contributed by atoms with E-state index in [-0.39, 0.29) is 24.2 Å². The molecule has 0 atom stereocenters. The predicted octanol–water partition coefficient (Wildman–Crippen LogP) is 3.28. The molecule has 104 valence electrons. The largest absolute Gasteiger partial charge is 0.299 e. The monoisotopic (exact) mass is 275 g/mol. The van der Waals surface area contributed by atoms with Gasteiger partial charge in [-0.1, -0.05) is 25.1 Å². The van der Waals surface area contributed by atoms with Crippen LogP contribution in [0.25, 0.3) is 0 Å². The van der Waals surface area contributed by atoms with Crippen molar-refractivity contribution in [3.63, 3.8) is 0 Å². The smallest absolute Gasteiger partial charge is 0.162 e. The fraction of sp³-hybridized carbons (Fsp3) is 0.250. The van der Waals surface area contributed by atoms with Crippen LogP contribution in [0.15, 0.2) is 36.5 Å². The number of hydrogen-bond acceptors (Lipinski definition) is 2. The van der Waals surface area contributed by atoms with Gasteiger partial charge in [-0.05, 0) is 29.7 Å². The van der Waals surface area contributed by atoms with Crippen molar-refractivity contribution in [1.29, 1.82) is 0 Å². The highest BCUT2D eigenvalue weighted by Crippen LogP contribution is 2.13. The van der Waals surface area contributed by atoms with Crippen LogP contribution in [0.3, 0.4) is 0 Å². The van der Waals surface area contributed by atoms with Gasteiger partial charge >= 0.3 is 0 Å². The summed E-state index contributed by atoms with van der Waals surface area (Å²) >= 11 is 0. The van der Waals surface area contributed by atoms with Gasteiger partial charge in [0.2, 0.25) is 0 Å². The van der Waals surface area contributed by atoms with Gasteiger partial charge in [0.1, 0.15) is 5.78 Å². The number of Topliss-reactive ketones (excluding diaryl/α,β-unsaturated/α-hetero) is 1. The van der Waals surface area contributed by atoms with Gasteiger partial charge in [-0.15, -0.1) is 0 Å². The molecule has 2 nitrogen and oxygen atoms in total. The Morgan fingerprint density at radius 3 is 2.60 bits per heavy atom. The molecule has 1 heterocycles. The van der Waals surface area contributed by atoms with E-state index in [9.17, 15) is 13.6 Å². The molecule has 0 amide bonds. The van der Waals surface area contributed by atoms with Gasteiger partial charge in [0.25, 0.3) is 0 Å². The number of benzene rings is 1. The number of halogens is 2. The van der Waals surface area contributed by atoms with Crippen LogP contribution in [-0.2, 0) is 24.1 Å². The van der Waals surface area contributed by atoms with Crippen molar-refractivity contribution in [1.82, 2.24) is 4.98 Å². The lowest BCUT2D eigenvalue weighted by atomic mass is 10.0. The Hall–Kier alpha value is -2.10. The second kappa shape index (κ2) is 6.37. The number of ketones is 1. The number of carbonyl (C=O) groups excluding carboxylic acids is 1. The number of hydrogen-bond donors (Lipinski definition) is 0. The number of aryl methyl sites for hydroxylation is 1. The number of rotatable bonds is 5. The SMILES string of the molecule is CCc1ccc(CC(=O)Cc2cccc(F)c2F)nc1. The zero-order valence-corrected chi connectivity index (χ0v) is 11.2. The Kier molecular flexibility index (Phi) is 4.56. The first-order chi connectivity index (χ1) is 9.60. The van der Waals surface area contributed by atoms with E-state index in [4.69, 9.17) is 0 Å². The summed E-state index contributed by atoms with van der Waals surface area (Å²) in [4.78, 5) is 16.1. The van der Waals surface area contributed by atoms with Crippen LogP contribution in [0.2, 0.25) is 0 Å². The van der Waals surface area contributed by atoms with Crippen LogP contribution in [0, 0.1) is 11.6 Å². The van der Waals surface area contributed by atoms with Gasteiger partial charge in [0.05, 0.1) is 0 Å². The summed E-state index contributed by atoms with van der Waals surface area (Å²) in [5.41, 5.74) is 1.82. The van der Waals surface area contributed by atoms with Crippen molar-refractivity contribution in [2.24, 2.45) is 0 Å². The summed E-state index contributed by atoms with van der Waals surface area (Å²) in [5.74, 6) is -2.07. The lowest BCUT2D eigenvalue weighted by Gasteiger charge is -2.04. The molecule has 2 aromatic rings. The maximum absolute atomic E-state index is 13.5. The van der Waals surface area contributed by atoms with E-state index < -0.39 is 11.6 Å². The normalized spacial score (nSPS) is 10.6. The third-order valence-electron chi connectivity index (χ3n) is 3.09. The summed E-state index contributed by atoms with van der Waals surface area (Å²) in [6, 6.07) is 7.56. The lowest BCUT2D eigenvalue weighted by Crippen LogP contribution is -2.09. The number of pyridine rings is 1. The van der Waals surface area contributed by atoms with Gasteiger partial charge < -0.3 is 0 Å². The van der Waals surface area contributed by atoms with E-state index in [1.807, 2.05) is 13.0 Å². The van der Waals surface area contributed by atoms with E-state index in [1.54, 1.807) is 12.3 Å². The van der Waals surface area contributed by atoms with Crippen LogP contribution in [0.4, 0.5) is 8.78 Å². The van der Waals surface area contributed by atoms with Crippen molar-refractivity contribution in [2.45, 2.75) is 26.2 Å². The third-order valence-corrected chi connectivity index (χ3v) is 3.09. The van der Waals surface area contributed by atoms with E-state index in [0.717, 1.165) is 18.1 Å². The highest BCUT2D eigenvalue weighted by atomic mass is 19.2. The fourth-order valence-corrected chi connectivity index (χ4v) is 1.93. The Labute approximate surface area is 116 Å². The molecule has 20 heavy (non-hydrogen) atoms. The maximum atomic E-state index is 13.5. The molecule has 0 aliphatic heterocycles. The van der Waals surface area contributed by atoms with Crippen molar-refractivity contribution in [3.05, 3.63) is 65.0 Å². The van der Waals surface area contributed by atoms with Crippen molar-refractivity contribution in [3.8, 4) is 0 Å². The Balaban J connectivity index is 2.03. The molecule has 1 aromatic carbocycles. The third kappa shape index (κ3) is 3.47. The quantitative estimate of drug-likeness (QED) is 0.838. The molecule has 0 N–H and O–H groups in total. The van der Waals surface area contributed by atoms with E-state index in [1.165, 1.54) is 12.1 Å². The van der Waals surface area contributed by atoms with E-state index in [2.05, 4.69) is 4.98 Å². The molecule has 0 saturated heterocycles. The van der Waals surface area contributed by atoms with Gasteiger partial charge in [-0.3, -0.25) is 9.78 Å². The maximum Gasteiger partial charge on any atom is 0.162 e. The topological polar surface area (TPSA) is 30.0 Å². The first-order valence-electron chi connectivity index (χ1n) is 6.48. The highest BCUT2D eigenvalue weighted by Gasteiger charge is 2.12. The van der Waals surface area contributed by atoms with Gasteiger partial charge in [-0.25, -0.2) is 8.78 Å². The average molecular weight is 275 g/mol. The first kappa shape index (κ1) is 14.3.